The molecule has 0 aliphatic rings. The Kier molecular flexibility index (Phi) is 6.36. The Hall–Kier alpha value is -1.43. The van der Waals surface area contributed by atoms with E-state index in [1.165, 1.54) is 0 Å². The summed E-state index contributed by atoms with van der Waals surface area (Å²) in [6.45, 7) is 3.10. The van der Waals surface area contributed by atoms with Crippen LogP contribution in [0.2, 0.25) is 5.02 Å². The molecule has 0 unspecified atom stereocenters. The largest absolute Gasteiger partial charge is 0.385 e. The highest BCUT2D eigenvalue weighted by molar-refractivity contribution is 7.12. The lowest BCUT2D eigenvalue weighted by Gasteiger charge is -2.02. The highest BCUT2D eigenvalue weighted by Gasteiger charge is 2.10. The van der Waals surface area contributed by atoms with Crippen molar-refractivity contribution in [3.63, 3.8) is 0 Å². The van der Waals surface area contributed by atoms with E-state index in [0.717, 1.165) is 27.6 Å². The molecule has 0 atom stereocenters. The van der Waals surface area contributed by atoms with Crippen LogP contribution in [0.25, 0.3) is 11.3 Å². The zero-order valence-electron chi connectivity index (χ0n) is 12.7. The average Bonchev–Trinajstić information content (AvgIpc) is 2.87. The highest BCUT2D eigenvalue weighted by atomic mass is 35.5. The highest BCUT2D eigenvalue weighted by Crippen LogP contribution is 2.28. The topological polar surface area (TPSA) is 51.2 Å². The maximum atomic E-state index is 11.7. The summed E-state index contributed by atoms with van der Waals surface area (Å²) >= 11 is 7.51. The van der Waals surface area contributed by atoms with Crippen molar-refractivity contribution < 1.29 is 9.53 Å². The number of aromatic nitrogens is 1. The molecular formula is C16H19ClN2O2S. The van der Waals surface area contributed by atoms with Crippen LogP contribution in [-0.4, -0.2) is 24.6 Å². The molecule has 2 rings (SSSR count). The number of carbonyl (C=O) groups is 1. The second kappa shape index (κ2) is 8.27. The minimum atomic E-state index is 0.0259. The van der Waals surface area contributed by atoms with E-state index in [0.29, 0.717) is 24.6 Å². The van der Waals surface area contributed by atoms with Gasteiger partial charge in [-0.05, 0) is 25.5 Å². The molecule has 0 saturated carbocycles. The quantitative estimate of drug-likeness (QED) is 0.781. The molecule has 0 fully saturated rings. The van der Waals surface area contributed by atoms with Crippen LogP contribution in [0, 0.1) is 6.92 Å². The first-order valence-electron chi connectivity index (χ1n) is 7.08. The van der Waals surface area contributed by atoms with Crippen molar-refractivity contribution in [2.45, 2.75) is 26.3 Å². The molecule has 22 heavy (non-hydrogen) atoms. The lowest BCUT2D eigenvalue weighted by Crippen LogP contribution is -2.22. The number of aryl methyl sites for hydroxylation is 1. The molecule has 0 radical (unpaired) electrons. The summed E-state index contributed by atoms with van der Waals surface area (Å²) < 4.78 is 4.93. The van der Waals surface area contributed by atoms with Gasteiger partial charge in [-0.15, -0.1) is 11.3 Å². The number of halogens is 1. The number of nitrogens with one attached hydrogen (secondary N) is 1. The fourth-order valence-corrected chi connectivity index (χ4v) is 3.06. The molecule has 0 aliphatic carbocycles. The summed E-state index contributed by atoms with van der Waals surface area (Å²) in [7, 11) is 1.63. The SMILES string of the molecule is COCCCC(=O)NCc1nc(-c2ccc(Cl)cc2)c(C)s1. The molecule has 1 aromatic heterocycles. The Morgan fingerprint density at radius 2 is 2.09 bits per heavy atom. The minimum absolute atomic E-state index is 0.0259. The molecule has 1 amide bonds. The van der Waals surface area contributed by atoms with Crippen LogP contribution in [0.3, 0.4) is 0 Å². The van der Waals surface area contributed by atoms with Crippen molar-refractivity contribution in [2.24, 2.45) is 0 Å². The standard InChI is InChI=1S/C16H19ClN2O2S/c1-11-16(12-5-7-13(17)8-6-12)19-15(22-11)10-18-14(20)4-3-9-21-2/h5-8H,3-4,9-10H2,1-2H3,(H,18,20). The van der Waals surface area contributed by atoms with Gasteiger partial charge in [0.05, 0.1) is 12.2 Å². The molecule has 118 valence electrons. The summed E-state index contributed by atoms with van der Waals surface area (Å²) in [5.74, 6) is 0.0259. The van der Waals surface area contributed by atoms with Gasteiger partial charge in [0.15, 0.2) is 0 Å². The lowest BCUT2D eigenvalue weighted by atomic mass is 10.1. The van der Waals surface area contributed by atoms with Crippen LogP contribution in [0.5, 0.6) is 0 Å². The van der Waals surface area contributed by atoms with Gasteiger partial charge in [0.25, 0.3) is 0 Å². The first kappa shape index (κ1) is 16.9. The van der Waals surface area contributed by atoms with Crippen molar-refractivity contribution in [3.05, 3.63) is 39.2 Å². The van der Waals surface area contributed by atoms with Crippen LogP contribution >= 0.6 is 22.9 Å². The maximum Gasteiger partial charge on any atom is 0.220 e. The first-order valence-corrected chi connectivity index (χ1v) is 8.27. The number of nitrogens with zero attached hydrogens (tertiary/aromatic N) is 1. The van der Waals surface area contributed by atoms with Crippen molar-refractivity contribution in [2.75, 3.05) is 13.7 Å². The molecule has 6 heteroatoms. The minimum Gasteiger partial charge on any atom is -0.385 e. The Labute approximate surface area is 139 Å². The normalized spacial score (nSPS) is 10.7. The van der Waals surface area contributed by atoms with Crippen LogP contribution in [0.15, 0.2) is 24.3 Å². The summed E-state index contributed by atoms with van der Waals surface area (Å²) in [4.78, 5) is 17.4. The number of amides is 1. The van der Waals surface area contributed by atoms with E-state index in [1.807, 2.05) is 31.2 Å². The van der Waals surface area contributed by atoms with E-state index in [1.54, 1.807) is 18.4 Å². The summed E-state index contributed by atoms with van der Waals surface area (Å²) in [6.07, 6.45) is 1.21. The number of carbonyl (C=O) groups excluding carboxylic acids is 1. The Morgan fingerprint density at radius 1 is 1.36 bits per heavy atom. The number of hydrogen-bond donors (Lipinski definition) is 1. The maximum absolute atomic E-state index is 11.7. The van der Waals surface area contributed by atoms with E-state index in [-0.39, 0.29) is 5.91 Å². The van der Waals surface area contributed by atoms with Crippen LogP contribution in [0.1, 0.15) is 22.7 Å². The van der Waals surface area contributed by atoms with Gasteiger partial charge in [0.1, 0.15) is 5.01 Å². The van der Waals surface area contributed by atoms with Gasteiger partial charge in [-0.2, -0.15) is 0 Å². The number of rotatable bonds is 7. The number of methoxy groups -OCH3 is 1. The van der Waals surface area contributed by atoms with Gasteiger partial charge in [-0.1, -0.05) is 23.7 Å². The molecule has 0 saturated heterocycles. The van der Waals surface area contributed by atoms with Gasteiger partial charge in [0, 0.05) is 35.6 Å². The third-order valence-corrected chi connectivity index (χ3v) is 4.37. The van der Waals surface area contributed by atoms with Crippen molar-refractivity contribution in [1.29, 1.82) is 0 Å². The molecule has 0 bridgehead atoms. The third kappa shape index (κ3) is 4.80. The smallest absolute Gasteiger partial charge is 0.220 e. The zero-order chi connectivity index (χ0) is 15.9. The van der Waals surface area contributed by atoms with Crippen molar-refractivity contribution in [1.82, 2.24) is 10.3 Å². The first-order chi connectivity index (χ1) is 10.6. The molecule has 1 heterocycles. The van der Waals surface area contributed by atoms with E-state index in [9.17, 15) is 4.79 Å². The van der Waals surface area contributed by atoms with Gasteiger partial charge in [0.2, 0.25) is 5.91 Å². The Morgan fingerprint density at radius 3 is 2.77 bits per heavy atom. The average molecular weight is 339 g/mol. The molecule has 1 aromatic carbocycles. The van der Waals surface area contributed by atoms with Gasteiger partial charge in [-0.25, -0.2) is 4.98 Å². The number of thiazole rings is 1. The number of ether oxygens (including phenoxy) is 1. The monoisotopic (exact) mass is 338 g/mol. The molecule has 0 aliphatic heterocycles. The van der Waals surface area contributed by atoms with E-state index >= 15 is 0 Å². The number of hydrogen-bond acceptors (Lipinski definition) is 4. The van der Waals surface area contributed by atoms with E-state index < -0.39 is 0 Å². The summed E-state index contributed by atoms with van der Waals surface area (Å²) in [5.41, 5.74) is 1.99. The lowest BCUT2D eigenvalue weighted by molar-refractivity contribution is -0.121. The predicted octanol–water partition coefficient (Wildman–Crippen LogP) is 3.81. The molecule has 2 aromatic rings. The van der Waals surface area contributed by atoms with Gasteiger partial charge in [-0.3, -0.25) is 4.79 Å². The van der Waals surface area contributed by atoms with Crippen LogP contribution in [-0.2, 0) is 16.1 Å². The fraction of sp³-hybridized carbons (Fsp3) is 0.375. The van der Waals surface area contributed by atoms with E-state index in [4.69, 9.17) is 16.3 Å². The molecular weight excluding hydrogens is 320 g/mol. The Bertz CT molecular complexity index is 626. The zero-order valence-corrected chi connectivity index (χ0v) is 14.3. The van der Waals surface area contributed by atoms with Crippen LogP contribution < -0.4 is 5.32 Å². The van der Waals surface area contributed by atoms with Crippen LogP contribution in [0.4, 0.5) is 0 Å². The van der Waals surface area contributed by atoms with Crippen molar-refractivity contribution in [3.8, 4) is 11.3 Å². The van der Waals surface area contributed by atoms with Crippen molar-refractivity contribution >= 4 is 28.8 Å². The molecule has 0 spiro atoms. The molecule has 4 nitrogen and oxygen atoms in total. The second-order valence-corrected chi connectivity index (χ2v) is 6.62. The second-order valence-electron chi connectivity index (χ2n) is 4.89. The third-order valence-electron chi connectivity index (χ3n) is 3.15. The van der Waals surface area contributed by atoms with Gasteiger partial charge < -0.3 is 10.1 Å². The Balaban J connectivity index is 1.95. The van der Waals surface area contributed by atoms with Gasteiger partial charge >= 0.3 is 0 Å². The van der Waals surface area contributed by atoms with E-state index in [2.05, 4.69) is 10.3 Å². The summed E-state index contributed by atoms with van der Waals surface area (Å²) in [6, 6.07) is 7.62. The molecule has 1 N–H and O–H groups in total. The predicted molar refractivity (Wildman–Crippen MR) is 90.3 cm³/mol. The summed E-state index contributed by atoms with van der Waals surface area (Å²) in [5, 5.41) is 4.50. The number of benzene rings is 1. The fourth-order valence-electron chi connectivity index (χ4n) is 2.04.